The number of fused-ring (bicyclic) bond motifs is 1. The number of hydrogen-bond acceptors (Lipinski definition) is 3. The van der Waals surface area contributed by atoms with E-state index in [0.29, 0.717) is 11.1 Å². The molecule has 0 atom stereocenters. The first kappa shape index (κ1) is 12.2. The Kier molecular flexibility index (Phi) is 2.88. The summed E-state index contributed by atoms with van der Waals surface area (Å²) in [5.41, 5.74) is 1.26. The quantitative estimate of drug-likeness (QED) is 0.782. The molecule has 0 fully saturated rings. The van der Waals surface area contributed by atoms with Gasteiger partial charge in [-0.25, -0.2) is 0 Å². The van der Waals surface area contributed by atoms with Gasteiger partial charge in [0.05, 0.1) is 0 Å². The second-order valence-electron chi connectivity index (χ2n) is 4.49. The molecule has 3 nitrogen and oxygen atoms in total. The van der Waals surface area contributed by atoms with E-state index in [1.165, 1.54) is 12.2 Å². The van der Waals surface area contributed by atoms with Gasteiger partial charge in [-0.05, 0) is 12.2 Å². The third-order valence-electron chi connectivity index (χ3n) is 3.24. The summed E-state index contributed by atoms with van der Waals surface area (Å²) in [6, 6.07) is 13.5. The summed E-state index contributed by atoms with van der Waals surface area (Å²) in [7, 11) is 0. The van der Waals surface area contributed by atoms with E-state index in [9.17, 15) is 14.4 Å². The Balaban J connectivity index is 2.18. The van der Waals surface area contributed by atoms with Gasteiger partial charge >= 0.3 is 0 Å². The van der Waals surface area contributed by atoms with Crippen molar-refractivity contribution in [2.45, 2.75) is 0 Å². The van der Waals surface area contributed by atoms with Gasteiger partial charge in [-0.2, -0.15) is 0 Å². The highest BCUT2D eigenvalue weighted by Gasteiger charge is 2.25. The summed E-state index contributed by atoms with van der Waals surface area (Å²) in [5, 5.41) is 0. The van der Waals surface area contributed by atoms with Crippen molar-refractivity contribution in [3.05, 3.63) is 82.9 Å². The lowest BCUT2D eigenvalue weighted by molar-refractivity contribution is 0.0984. The van der Waals surface area contributed by atoms with Crippen LogP contribution in [0, 0.1) is 0 Å². The van der Waals surface area contributed by atoms with Crippen LogP contribution in [0.5, 0.6) is 0 Å². The van der Waals surface area contributed by atoms with E-state index in [1.54, 1.807) is 42.5 Å². The fraction of sp³-hybridized carbons (Fsp3) is 0. The Morgan fingerprint density at radius 2 is 1.45 bits per heavy atom. The van der Waals surface area contributed by atoms with Crippen LogP contribution in [0.3, 0.4) is 0 Å². The van der Waals surface area contributed by atoms with Crippen LogP contribution in [0.4, 0.5) is 0 Å². The molecule has 3 rings (SSSR count). The molecule has 0 radical (unpaired) electrons. The van der Waals surface area contributed by atoms with Crippen molar-refractivity contribution < 1.29 is 14.4 Å². The molecular formula is C17H10O3. The summed E-state index contributed by atoms with van der Waals surface area (Å²) < 4.78 is 0. The van der Waals surface area contributed by atoms with Crippen molar-refractivity contribution in [1.29, 1.82) is 0 Å². The highest BCUT2D eigenvalue weighted by molar-refractivity contribution is 6.27. The third kappa shape index (κ3) is 1.89. The SMILES string of the molecule is O=C1C=CC(=O)c2c1cccc2C(=O)c1ccccc1. The first-order valence-corrected chi connectivity index (χ1v) is 6.18. The molecule has 3 heteroatoms. The molecule has 0 N–H and O–H groups in total. The average Bonchev–Trinajstić information content (AvgIpc) is 2.51. The van der Waals surface area contributed by atoms with E-state index < -0.39 is 0 Å². The molecule has 0 amide bonds. The number of rotatable bonds is 2. The highest BCUT2D eigenvalue weighted by atomic mass is 16.1. The van der Waals surface area contributed by atoms with Crippen LogP contribution in [0.25, 0.3) is 0 Å². The fourth-order valence-electron chi connectivity index (χ4n) is 2.28. The van der Waals surface area contributed by atoms with E-state index in [-0.39, 0.29) is 28.5 Å². The normalized spacial score (nSPS) is 13.2. The van der Waals surface area contributed by atoms with Crippen LogP contribution in [0.15, 0.2) is 60.7 Å². The number of allylic oxidation sites excluding steroid dienone is 2. The summed E-state index contributed by atoms with van der Waals surface area (Å²) >= 11 is 0. The molecule has 1 aliphatic rings. The minimum absolute atomic E-state index is 0.203. The topological polar surface area (TPSA) is 51.2 Å². The van der Waals surface area contributed by atoms with Crippen molar-refractivity contribution >= 4 is 17.3 Å². The maximum Gasteiger partial charge on any atom is 0.193 e. The average molecular weight is 262 g/mol. The molecule has 96 valence electrons. The monoisotopic (exact) mass is 262 g/mol. The molecule has 2 aromatic carbocycles. The van der Waals surface area contributed by atoms with Gasteiger partial charge in [0.2, 0.25) is 0 Å². The zero-order chi connectivity index (χ0) is 14.1. The van der Waals surface area contributed by atoms with Gasteiger partial charge in [-0.1, -0.05) is 48.5 Å². The Morgan fingerprint density at radius 3 is 2.20 bits per heavy atom. The van der Waals surface area contributed by atoms with Crippen molar-refractivity contribution in [3.8, 4) is 0 Å². The van der Waals surface area contributed by atoms with Gasteiger partial charge in [0.15, 0.2) is 17.3 Å². The summed E-state index contributed by atoms with van der Waals surface area (Å²) in [6.07, 6.45) is 2.45. The minimum atomic E-state index is -0.306. The lowest BCUT2D eigenvalue weighted by Gasteiger charge is -2.13. The van der Waals surface area contributed by atoms with Crippen LogP contribution < -0.4 is 0 Å². The van der Waals surface area contributed by atoms with Gasteiger partial charge in [0.25, 0.3) is 0 Å². The predicted molar refractivity (Wildman–Crippen MR) is 74.1 cm³/mol. The van der Waals surface area contributed by atoms with Crippen LogP contribution >= 0.6 is 0 Å². The second kappa shape index (κ2) is 4.70. The smallest absolute Gasteiger partial charge is 0.193 e. The molecule has 0 aliphatic heterocycles. The lowest BCUT2D eigenvalue weighted by Crippen LogP contribution is -2.17. The van der Waals surface area contributed by atoms with Gasteiger partial charge in [0.1, 0.15) is 0 Å². The number of carbonyl (C=O) groups is 3. The molecule has 2 aromatic rings. The van der Waals surface area contributed by atoms with E-state index in [2.05, 4.69) is 0 Å². The summed E-state index contributed by atoms with van der Waals surface area (Å²) in [4.78, 5) is 36.3. The Hall–Kier alpha value is -2.81. The standard InChI is InChI=1S/C17H10O3/c18-14-9-10-15(19)16-12(14)7-4-8-13(16)17(20)11-5-2-1-3-6-11/h1-10H. The van der Waals surface area contributed by atoms with Crippen LogP contribution in [0.2, 0.25) is 0 Å². The highest BCUT2D eigenvalue weighted by Crippen LogP contribution is 2.23. The van der Waals surface area contributed by atoms with Crippen molar-refractivity contribution in [3.63, 3.8) is 0 Å². The Morgan fingerprint density at radius 1 is 0.750 bits per heavy atom. The van der Waals surface area contributed by atoms with Gasteiger partial charge in [0, 0.05) is 22.3 Å². The maximum absolute atomic E-state index is 12.5. The lowest BCUT2D eigenvalue weighted by atomic mass is 9.87. The molecule has 0 bridgehead atoms. The molecule has 0 saturated carbocycles. The fourth-order valence-corrected chi connectivity index (χ4v) is 2.28. The largest absolute Gasteiger partial charge is 0.289 e. The molecule has 0 saturated heterocycles. The first-order valence-electron chi connectivity index (χ1n) is 6.18. The number of ketones is 3. The molecular weight excluding hydrogens is 252 g/mol. The van der Waals surface area contributed by atoms with Gasteiger partial charge in [-0.15, -0.1) is 0 Å². The van der Waals surface area contributed by atoms with Crippen molar-refractivity contribution in [2.75, 3.05) is 0 Å². The van der Waals surface area contributed by atoms with E-state index in [1.807, 2.05) is 6.07 Å². The Labute approximate surface area is 115 Å². The molecule has 20 heavy (non-hydrogen) atoms. The zero-order valence-corrected chi connectivity index (χ0v) is 10.5. The van der Waals surface area contributed by atoms with Gasteiger partial charge in [-0.3, -0.25) is 14.4 Å². The first-order chi connectivity index (χ1) is 9.68. The van der Waals surface area contributed by atoms with Crippen LogP contribution in [-0.2, 0) is 0 Å². The molecule has 0 spiro atoms. The van der Waals surface area contributed by atoms with Crippen molar-refractivity contribution in [1.82, 2.24) is 0 Å². The Bertz CT molecular complexity index is 755. The molecule has 0 unspecified atom stereocenters. The second-order valence-corrected chi connectivity index (χ2v) is 4.49. The van der Waals surface area contributed by atoms with Crippen molar-refractivity contribution in [2.24, 2.45) is 0 Å². The summed E-state index contributed by atoms with van der Waals surface area (Å²) in [6.45, 7) is 0. The third-order valence-corrected chi connectivity index (χ3v) is 3.24. The van der Waals surface area contributed by atoms with E-state index >= 15 is 0 Å². The van der Waals surface area contributed by atoms with E-state index in [0.717, 1.165) is 0 Å². The van der Waals surface area contributed by atoms with Gasteiger partial charge < -0.3 is 0 Å². The minimum Gasteiger partial charge on any atom is -0.289 e. The molecule has 0 heterocycles. The molecule has 0 aromatic heterocycles. The van der Waals surface area contributed by atoms with Crippen LogP contribution in [-0.4, -0.2) is 17.3 Å². The molecule has 1 aliphatic carbocycles. The zero-order valence-electron chi connectivity index (χ0n) is 10.5. The predicted octanol–water partition coefficient (Wildman–Crippen LogP) is 2.85. The maximum atomic E-state index is 12.5. The van der Waals surface area contributed by atoms with E-state index in [4.69, 9.17) is 0 Å². The number of hydrogen-bond donors (Lipinski definition) is 0. The van der Waals surface area contributed by atoms with Crippen LogP contribution in [0.1, 0.15) is 36.6 Å². The number of benzene rings is 2. The summed E-state index contributed by atoms with van der Waals surface area (Å²) in [5.74, 6) is -0.805. The number of carbonyl (C=O) groups excluding carboxylic acids is 3.